The molecule has 0 saturated heterocycles. The van der Waals surface area contributed by atoms with Crippen LogP contribution in [-0.2, 0) is 67.2 Å². The second-order valence-corrected chi connectivity index (χ2v) is 32.1. The first-order chi connectivity index (χ1) is 60.7. The molecular formula is C90H148N20O21. The van der Waals surface area contributed by atoms with Crippen molar-refractivity contribution in [3.63, 3.8) is 0 Å². The van der Waals surface area contributed by atoms with Crippen molar-refractivity contribution < 1.29 is 95.6 Å². The number of rotatable bonds is 31. The Morgan fingerprint density at radius 3 is 0.740 bits per heavy atom. The molecule has 41 nitrogen and oxygen atoms in total. The Morgan fingerprint density at radius 1 is 0.328 bits per heavy atom. The van der Waals surface area contributed by atoms with E-state index >= 15 is 0 Å². The lowest BCUT2D eigenvalue weighted by molar-refractivity contribution is -0.536. The van der Waals surface area contributed by atoms with Gasteiger partial charge in [0, 0.05) is 55.3 Å². The molecule has 3 rings (SSSR count). The van der Waals surface area contributed by atoms with Gasteiger partial charge in [0.15, 0.2) is 10.9 Å². The zero-order chi connectivity index (χ0) is 102. The molecule has 0 atom stereocenters. The Balaban J connectivity index is -0.000000471. The van der Waals surface area contributed by atoms with Crippen LogP contribution in [0.1, 0.15) is 197 Å². The van der Waals surface area contributed by atoms with Crippen molar-refractivity contribution >= 4 is 78.6 Å². The minimum absolute atomic E-state index is 0.00602. The van der Waals surface area contributed by atoms with Crippen LogP contribution in [0.5, 0.6) is 0 Å². The molecule has 0 aliphatic heterocycles. The second kappa shape index (κ2) is 71.7. The van der Waals surface area contributed by atoms with Gasteiger partial charge in [0.25, 0.3) is 0 Å². The van der Waals surface area contributed by atoms with Gasteiger partial charge in [0.05, 0.1) is 5.82 Å². The van der Waals surface area contributed by atoms with Gasteiger partial charge >= 0.3 is 54.8 Å². The fourth-order valence-electron chi connectivity index (χ4n) is 7.95. The molecule has 0 bridgehead atoms. The lowest BCUT2D eigenvalue weighted by atomic mass is 10.2. The molecule has 0 fully saturated rings. The van der Waals surface area contributed by atoms with Crippen LogP contribution in [0.15, 0.2) is 206 Å². The van der Waals surface area contributed by atoms with E-state index in [0.717, 1.165) is 16.7 Å². The smallest absolute Gasteiger partial charge is 0.414 e. The molecule has 3 aromatic rings. The third-order valence-electron chi connectivity index (χ3n) is 11.9. The van der Waals surface area contributed by atoms with Crippen molar-refractivity contribution in [3.05, 3.63) is 218 Å². The van der Waals surface area contributed by atoms with Crippen LogP contribution in [0.25, 0.3) is 0 Å². The third kappa shape index (κ3) is 91.7. The minimum Gasteiger partial charge on any atom is -0.445 e. The van der Waals surface area contributed by atoms with Gasteiger partial charge < -0.3 is 74.5 Å². The summed E-state index contributed by atoms with van der Waals surface area (Å²) in [6.45, 7) is 76.5. The summed E-state index contributed by atoms with van der Waals surface area (Å²) in [6, 6.07) is 28.8. The number of benzene rings is 3. The first-order valence-electron chi connectivity index (χ1n) is 41.4. The van der Waals surface area contributed by atoms with Crippen molar-refractivity contribution in [3.8, 4) is 0 Å². The highest BCUT2D eigenvalue weighted by Crippen LogP contribution is 2.11. The van der Waals surface area contributed by atoms with Crippen molar-refractivity contribution in [1.29, 1.82) is 0 Å². The second-order valence-electron chi connectivity index (χ2n) is 32.1. The number of aliphatic imine (C=N–C) groups is 3. The van der Waals surface area contributed by atoms with Gasteiger partial charge in [-0.05, 0) is 190 Å². The maximum Gasteiger partial charge on any atom is 0.414 e. The predicted octanol–water partition coefficient (Wildman–Crippen LogP) is 14.5. The number of hydrazine groups is 1. The highest BCUT2D eigenvalue weighted by Gasteiger charge is 2.23. The lowest BCUT2D eigenvalue weighted by Crippen LogP contribution is -2.47. The van der Waals surface area contributed by atoms with Crippen LogP contribution in [0, 0.1) is 10.1 Å². The molecule has 0 heterocycles. The summed E-state index contributed by atoms with van der Waals surface area (Å²) in [4.78, 5) is 136. The van der Waals surface area contributed by atoms with E-state index in [1.54, 1.807) is 55.4 Å². The highest BCUT2D eigenvalue weighted by molar-refractivity contribution is 6.03. The average Bonchev–Trinajstić information content (AvgIpc) is 0.888. The van der Waals surface area contributed by atoms with Crippen molar-refractivity contribution in [2.75, 3.05) is 19.8 Å². The summed E-state index contributed by atoms with van der Waals surface area (Å²) in [5, 5.41) is 47.9. The topological polar surface area (TPSA) is 526 Å². The zero-order valence-electron chi connectivity index (χ0n) is 81.3. The first kappa shape index (κ1) is 125. The van der Waals surface area contributed by atoms with E-state index in [2.05, 4.69) is 152 Å². The fraction of sp³-hybridized carbons (Fsp3) is 0.478. The Morgan fingerprint density at radius 2 is 0.527 bits per heavy atom. The predicted molar refractivity (Wildman–Crippen MR) is 510 cm³/mol. The molecular weight excluding hydrogens is 1700 g/mol. The number of nitrogens with one attached hydrogen (secondary N) is 16. The van der Waals surface area contributed by atoms with E-state index in [1.807, 2.05) is 214 Å². The van der Waals surface area contributed by atoms with Crippen LogP contribution in [0.2, 0.25) is 0 Å². The molecule has 0 aliphatic carbocycles. The normalized spacial score (nSPS) is 10.0. The van der Waals surface area contributed by atoms with E-state index < -0.39 is 76.7 Å². The van der Waals surface area contributed by atoms with E-state index in [9.17, 15) is 58.1 Å². The number of hydrogen-bond donors (Lipinski definition) is 16. The van der Waals surface area contributed by atoms with Crippen LogP contribution in [0.3, 0.4) is 0 Å². The molecule has 0 saturated carbocycles. The molecule has 0 aliphatic rings. The van der Waals surface area contributed by atoms with Gasteiger partial charge in [-0.25, -0.2) is 68.2 Å². The number of alkyl carbamates (subject to hydrolysis) is 9. The van der Waals surface area contributed by atoms with Gasteiger partial charge in [0.2, 0.25) is 23.8 Å². The molecule has 16 N–H and O–H groups in total. The molecule has 3 aromatic carbocycles. The number of ether oxygens (including phenoxy) is 9. The molecule has 0 unspecified atom stereocenters. The van der Waals surface area contributed by atoms with Crippen molar-refractivity contribution in [1.82, 2.24) is 85.2 Å². The number of guanidine groups is 3. The summed E-state index contributed by atoms with van der Waals surface area (Å²) in [6.07, 6.45) is -1.51. The summed E-state index contributed by atoms with van der Waals surface area (Å²) in [5.41, 5.74) is 2.78. The Labute approximate surface area is 773 Å². The van der Waals surface area contributed by atoms with Gasteiger partial charge in [0.1, 0.15) is 73.9 Å². The SMILES string of the molecule is C=C(NC(=O)OC(C)(C)C)NC(C)C.C=C(NC(=O)OCc1ccccc1)NC(C)C.C=C(NC(C)=O)NC(C)C.C=C(NC(C)C)N[N+](=O)[O-].C=CCOC(=O)NC(=C)NC(C)C.C=CCOC(=O)NC(=NC(C)C)NC(=O)OCC=C.CC(C)N=C(NC(=O)OC(C)(C)C)NC(=O)OC(C)(C)C.CC(C)N=C(NC(=O)OCc1ccccc1)NC(=O)OCc1ccccc1. The molecule has 0 aromatic heterocycles. The number of amides is 10. The standard InChI is InChI=1S/C20H23N3O4.C14H27N3O4.C13H18N2O2.C12H19N3O4.C10H20N2O2.C9H16N2O2.C7H14N2O.C5H11N3O2/c1-15(2)21-18(22-19(24)26-13-16-9-5-3-6-10-16)23-20(25)27-14-17-11-7-4-8-12-17;1-9(2)15-10(16-11(18)20-13(3,4)5)17-12(19)21-14(6,7)8;1-10(2)14-11(3)15-13(16)17-9-12-7-5-4-6-8-12;1-5-7-18-11(16)14-10(13-9(3)4)15-12(17)19-8-6-2;1-7(2)11-8(3)12-9(13)14-10(4,5)6;1-5-6-13-9(12)11-8(4)10-7(2)3;1-5(2)8-6(3)9-7(4)10;1-4(2)6-5(3)7-8(9)10/h3-12,15H,13-14H2,1-2H3,(H2,21,22,23,24,25);9H,1-8H3,(H2,15,16,17,18,19);4-8,10,14H,3,9H2,1-2H3,(H,15,16);5-6,9H,1-2,7-8H2,3-4H3,(H2,13,14,15,16,17);7,11H,3H2,1-2,4-6H3,(H,12,13);5,7,10H,1,4,6H2,2-3H3,(H,11,12);5,8H,3H2,1-2,4H3,(H,9,10);4,6-7H,3H2,1-2H3. The third-order valence-corrected chi connectivity index (χ3v) is 11.9. The maximum absolute atomic E-state index is 12.0. The van der Waals surface area contributed by atoms with Crippen molar-refractivity contribution in [2.24, 2.45) is 15.0 Å². The van der Waals surface area contributed by atoms with Gasteiger partial charge in [-0.1, -0.05) is 167 Å². The number of hydrogen-bond acceptors (Lipinski definition) is 29. The molecule has 131 heavy (non-hydrogen) atoms. The van der Waals surface area contributed by atoms with Gasteiger partial charge in [-0.3, -0.25) is 52.6 Å². The summed E-state index contributed by atoms with van der Waals surface area (Å²) in [7, 11) is 0. The number of carbonyl (C=O) groups excluding carboxylic acids is 10. The van der Waals surface area contributed by atoms with Crippen molar-refractivity contribution in [2.45, 2.75) is 265 Å². The minimum atomic E-state index is -0.747. The fourth-order valence-corrected chi connectivity index (χ4v) is 7.95. The van der Waals surface area contributed by atoms with Gasteiger partial charge in [-0.2, -0.15) is 0 Å². The molecule has 10 amide bonds. The molecule has 0 spiro atoms. The number of nitrogens with zero attached hydrogens (tertiary/aromatic N) is 4. The van der Waals surface area contributed by atoms with Crippen LogP contribution < -0.4 is 85.2 Å². The number of nitro groups is 1. The van der Waals surface area contributed by atoms with E-state index in [4.69, 9.17) is 37.9 Å². The Hall–Kier alpha value is -14.3. The largest absolute Gasteiger partial charge is 0.445 e. The quantitative estimate of drug-likeness (QED) is 0.00710. The van der Waals surface area contributed by atoms with E-state index in [0.29, 0.717) is 29.3 Å². The van der Waals surface area contributed by atoms with E-state index in [-0.39, 0.29) is 112 Å². The average molecular weight is 1850 g/mol. The van der Waals surface area contributed by atoms with Gasteiger partial charge in [-0.15, -0.1) is 0 Å². The summed E-state index contributed by atoms with van der Waals surface area (Å²) >= 11 is 0. The zero-order valence-corrected chi connectivity index (χ0v) is 81.3. The molecule has 0 radical (unpaired) electrons. The number of carbonyl (C=O) groups is 10. The maximum atomic E-state index is 12.0. The molecule has 41 heteroatoms. The molecule has 734 valence electrons. The monoisotopic (exact) mass is 1850 g/mol. The van der Waals surface area contributed by atoms with Crippen LogP contribution in [-0.4, -0.2) is 169 Å². The van der Waals surface area contributed by atoms with Crippen LogP contribution >= 0.6 is 0 Å². The summed E-state index contributed by atoms with van der Waals surface area (Å²) < 4.78 is 44.6. The highest BCUT2D eigenvalue weighted by atomic mass is 16.7. The summed E-state index contributed by atoms with van der Waals surface area (Å²) in [5.74, 6) is 1.92. The Kier molecular flexibility index (Phi) is 68.5. The van der Waals surface area contributed by atoms with E-state index in [1.165, 1.54) is 25.2 Å². The first-order valence-corrected chi connectivity index (χ1v) is 41.4. The lowest BCUT2D eigenvalue weighted by Gasteiger charge is -2.22. The van der Waals surface area contributed by atoms with Crippen LogP contribution in [0.4, 0.5) is 43.2 Å². The Bertz CT molecular complexity index is 3930.